The molecule has 0 radical (unpaired) electrons. The molecule has 0 aliphatic carbocycles. The number of rotatable bonds is 7. The Balaban J connectivity index is 2.24. The van der Waals surface area contributed by atoms with Crippen molar-refractivity contribution >= 4 is 29.0 Å². The lowest BCUT2D eigenvalue weighted by Gasteiger charge is -2.09. The molecule has 1 unspecified atom stereocenters. The SMILES string of the molecule is CCC(C)SCCCC(=O)Nc1ccccc1N. The fourth-order valence-electron chi connectivity index (χ4n) is 1.46. The minimum absolute atomic E-state index is 0.0395. The Hall–Kier alpha value is -1.16. The molecule has 0 spiro atoms. The summed E-state index contributed by atoms with van der Waals surface area (Å²) in [5.41, 5.74) is 7.08. The number of carbonyl (C=O) groups excluding carboxylic acids is 1. The molecule has 1 rings (SSSR count). The van der Waals surface area contributed by atoms with Crippen molar-refractivity contribution in [3.8, 4) is 0 Å². The molecule has 4 heteroatoms. The highest BCUT2D eigenvalue weighted by Crippen LogP contribution is 2.18. The predicted octanol–water partition coefficient (Wildman–Crippen LogP) is 3.52. The predicted molar refractivity (Wildman–Crippen MR) is 80.9 cm³/mol. The number of nitrogens with two attached hydrogens (primary N) is 1. The molecule has 18 heavy (non-hydrogen) atoms. The van der Waals surface area contributed by atoms with Gasteiger partial charge in [-0.1, -0.05) is 26.0 Å². The Bertz CT molecular complexity index is 382. The molecule has 3 N–H and O–H groups in total. The summed E-state index contributed by atoms with van der Waals surface area (Å²) in [4.78, 5) is 11.7. The zero-order valence-electron chi connectivity index (χ0n) is 11.1. The van der Waals surface area contributed by atoms with Gasteiger partial charge in [-0.2, -0.15) is 11.8 Å². The first kappa shape index (κ1) is 14.9. The van der Waals surface area contributed by atoms with E-state index in [1.54, 1.807) is 6.07 Å². The summed E-state index contributed by atoms with van der Waals surface area (Å²) in [5.74, 6) is 1.07. The van der Waals surface area contributed by atoms with Gasteiger partial charge in [0.2, 0.25) is 5.91 Å². The zero-order valence-corrected chi connectivity index (χ0v) is 11.9. The first-order valence-electron chi connectivity index (χ1n) is 6.39. The average molecular weight is 266 g/mol. The highest BCUT2D eigenvalue weighted by atomic mass is 32.2. The lowest BCUT2D eigenvalue weighted by molar-refractivity contribution is -0.116. The van der Waals surface area contributed by atoms with E-state index in [1.165, 1.54) is 6.42 Å². The van der Waals surface area contributed by atoms with Crippen molar-refractivity contribution in [2.24, 2.45) is 0 Å². The molecule has 0 aliphatic heterocycles. The van der Waals surface area contributed by atoms with Crippen LogP contribution in [0.1, 0.15) is 33.1 Å². The third-order valence-corrected chi connectivity index (χ3v) is 4.19. The smallest absolute Gasteiger partial charge is 0.224 e. The van der Waals surface area contributed by atoms with Gasteiger partial charge in [0.05, 0.1) is 11.4 Å². The number of para-hydroxylation sites is 2. The van der Waals surface area contributed by atoms with Gasteiger partial charge in [0.15, 0.2) is 0 Å². The van der Waals surface area contributed by atoms with Crippen LogP contribution in [0.2, 0.25) is 0 Å². The van der Waals surface area contributed by atoms with E-state index in [9.17, 15) is 4.79 Å². The third kappa shape index (κ3) is 5.45. The number of thioether (sulfide) groups is 1. The van der Waals surface area contributed by atoms with Crippen molar-refractivity contribution in [1.29, 1.82) is 0 Å². The van der Waals surface area contributed by atoms with Gasteiger partial charge in [0.1, 0.15) is 0 Å². The van der Waals surface area contributed by atoms with E-state index in [2.05, 4.69) is 19.2 Å². The molecule has 0 saturated heterocycles. The van der Waals surface area contributed by atoms with E-state index >= 15 is 0 Å². The van der Waals surface area contributed by atoms with Crippen LogP contribution in [0.3, 0.4) is 0 Å². The molecular weight excluding hydrogens is 244 g/mol. The molecule has 1 amide bonds. The third-order valence-electron chi connectivity index (χ3n) is 2.76. The van der Waals surface area contributed by atoms with E-state index in [0.29, 0.717) is 23.0 Å². The van der Waals surface area contributed by atoms with E-state index in [4.69, 9.17) is 5.73 Å². The van der Waals surface area contributed by atoms with E-state index in [-0.39, 0.29) is 5.91 Å². The molecule has 3 nitrogen and oxygen atoms in total. The minimum Gasteiger partial charge on any atom is -0.397 e. The van der Waals surface area contributed by atoms with Gasteiger partial charge in [0, 0.05) is 11.7 Å². The van der Waals surface area contributed by atoms with Crippen LogP contribution in [0.5, 0.6) is 0 Å². The Kier molecular flexibility index (Phi) is 6.65. The number of hydrogen-bond donors (Lipinski definition) is 2. The van der Waals surface area contributed by atoms with Crippen molar-refractivity contribution in [2.75, 3.05) is 16.8 Å². The maximum atomic E-state index is 11.7. The van der Waals surface area contributed by atoms with Crippen LogP contribution in [0.25, 0.3) is 0 Å². The van der Waals surface area contributed by atoms with Crippen LogP contribution < -0.4 is 11.1 Å². The number of anilines is 2. The van der Waals surface area contributed by atoms with Gasteiger partial charge in [0.25, 0.3) is 0 Å². The van der Waals surface area contributed by atoms with Crippen LogP contribution in [0.4, 0.5) is 11.4 Å². The quantitative estimate of drug-likeness (QED) is 0.586. The molecule has 0 aromatic heterocycles. The Morgan fingerprint density at radius 3 is 2.83 bits per heavy atom. The van der Waals surface area contributed by atoms with Crippen molar-refractivity contribution in [3.05, 3.63) is 24.3 Å². The molecule has 1 aromatic rings. The van der Waals surface area contributed by atoms with Crippen LogP contribution in [-0.4, -0.2) is 16.9 Å². The summed E-state index contributed by atoms with van der Waals surface area (Å²) in [6.45, 7) is 4.40. The van der Waals surface area contributed by atoms with Gasteiger partial charge in [-0.3, -0.25) is 4.79 Å². The monoisotopic (exact) mass is 266 g/mol. The van der Waals surface area contributed by atoms with E-state index in [0.717, 1.165) is 12.2 Å². The number of benzene rings is 1. The van der Waals surface area contributed by atoms with Gasteiger partial charge in [-0.15, -0.1) is 0 Å². The fourth-order valence-corrected chi connectivity index (χ4v) is 2.41. The molecule has 1 aromatic carbocycles. The van der Waals surface area contributed by atoms with Crippen LogP contribution >= 0.6 is 11.8 Å². The molecule has 100 valence electrons. The molecule has 0 fully saturated rings. The highest BCUT2D eigenvalue weighted by Gasteiger charge is 2.05. The number of carbonyl (C=O) groups is 1. The largest absolute Gasteiger partial charge is 0.397 e. The van der Waals surface area contributed by atoms with Crippen LogP contribution in [0, 0.1) is 0 Å². The summed E-state index contributed by atoms with van der Waals surface area (Å²) in [5, 5.41) is 3.52. The first-order chi connectivity index (χ1) is 8.63. The Morgan fingerprint density at radius 1 is 1.44 bits per heavy atom. The standard InChI is InChI=1S/C14H22N2OS/c1-3-11(2)18-10-6-9-14(17)16-13-8-5-4-7-12(13)15/h4-5,7-8,11H,3,6,9-10,15H2,1-2H3,(H,16,17). The number of hydrogen-bond acceptors (Lipinski definition) is 3. The molecule has 0 saturated carbocycles. The number of nitrogen functional groups attached to an aromatic ring is 1. The maximum absolute atomic E-state index is 11.7. The van der Waals surface area contributed by atoms with Gasteiger partial charge in [-0.25, -0.2) is 0 Å². The van der Waals surface area contributed by atoms with Crippen LogP contribution in [-0.2, 0) is 4.79 Å². The highest BCUT2D eigenvalue weighted by molar-refractivity contribution is 7.99. The Morgan fingerprint density at radius 2 is 2.17 bits per heavy atom. The molecular formula is C14H22N2OS. The lowest BCUT2D eigenvalue weighted by atomic mass is 10.2. The molecule has 0 aliphatic rings. The van der Waals surface area contributed by atoms with Crippen LogP contribution in [0.15, 0.2) is 24.3 Å². The first-order valence-corrected chi connectivity index (χ1v) is 7.44. The number of nitrogens with one attached hydrogen (secondary N) is 1. The van der Waals surface area contributed by atoms with Gasteiger partial charge < -0.3 is 11.1 Å². The molecule has 0 heterocycles. The summed E-state index contributed by atoms with van der Waals surface area (Å²) >= 11 is 1.92. The molecule has 1 atom stereocenters. The van der Waals surface area contributed by atoms with Gasteiger partial charge in [-0.05, 0) is 30.7 Å². The second-order valence-corrected chi connectivity index (χ2v) is 5.87. The summed E-state index contributed by atoms with van der Waals surface area (Å²) in [6.07, 6.45) is 2.64. The topological polar surface area (TPSA) is 55.1 Å². The number of amides is 1. The molecule has 0 bridgehead atoms. The van der Waals surface area contributed by atoms with E-state index < -0.39 is 0 Å². The van der Waals surface area contributed by atoms with Crippen molar-refractivity contribution in [3.63, 3.8) is 0 Å². The van der Waals surface area contributed by atoms with E-state index in [1.807, 2.05) is 30.0 Å². The summed E-state index contributed by atoms with van der Waals surface area (Å²) < 4.78 is 0. The van der Waals surface area contributed by atoms with Crippen molar-refractivity contribution in [2.45, 2.75) is 38.4 Å². The van der Waals surface area contributed by atoms with Gasteiger partial charge >= 0.3 is 0 Å². The minimum atomic E-state index is 0.0395. The second kappa shape index (κ2) is 8.03. The maximum Gasteiger partial charge on any atom is 0.224 e. The van der Waals surface area contributed by atoms with Crippen molar-refractivity contribution in [1.82, 2.24) is 0 Å². The Labute approximate surface area is 114 Å². The zero-order chi connectivity index (χ0) is 13.4. The lowest BCUT2D eigenvalue weighted by Crippen LogP contribution is -2.13. The normalized spacial score (nSPS) is 12.1. The second-order valence-electron chi connectivity index (χ2n) is 4.33. The van der Waals surface area contributed by atoms with Crippen molar-refractivity contribution < 1.29 is 4.79 Å². The summed E-state index contributed by atoms with van der Waals surface area (Å²) in [7, 11) is 0. The fraction of sp³-hybridized carbons (Fsp3) is 0.500. The average Bonchev–Trinajstić information content (AvgIpc) is 2.37. The summed E-state index contributed by atoms with van der Waals surface area (Å²) in [6, 6.07) is 7.33.